The topological polar surface area (TPSA) is 95.9 Å². The lowest BCUT2D eigenvalue weighted by Gasteiger charge is -2.33. The Morgan fingerprint density at radius 1 is 1.09 bits per heavy atom. The number of carboxylic acids is 1. The number of aliphatic carboxylic acids is 1. The van der Waals surface area contributed by atoms with Gasteiger partial charge in [-0.05, 0) is 40.0 Å². The Morgan fingerprint density at radius 2 is 1.66 bits per heavy atom. The molecule has 0 spiro atoms. The van der Waals surface area contributed by atoms with E-state index in [1.54, 1.807) is 0 Å². The molecule has 7 heteroatoms. The van der Waals surface area contributed by atoms with Gasteiger partial charge in [0.25, 0.3) is 0 Å². The number of nitrogens with one attached hydrogen (secondary N) is 1. The van der Waals surface area contributed by atoms with Gasteiger partial charge in [-0.15, -0.1) is 0 Å². The van der Waals surface area contributed by atoms with Crippen molar-refractivity contribution in [3.05, 3.63) is 59.7 Å². The number of hydrogen-bond donors (Lipinski definition) is 2. The Kier molecular flexibility index (Phi) is 6.88. The number of benzene rings is 2. The monoisotopic (exact) mass is 478 g/mol. The van der Waals surface area contributed by atoms with Gasteiger partial charge in [-0.3, -0.25) is 4.79 Å². The first-order valence-corrected chi connectivity index (χ1v) is 12.3. The number of carboxylic acid groups (broad SMARTS) is 1. The molecule has 2 aliphatic rings. The fourth-order valence-corrected chi connectivity index (χ4v) is 5.43. The van der Waals surface area contributed by atoms with Gasteiger partial charge in [0.2, 0.25) is 5.91 Å². The highest BCUT2D eigenvalue weighted by Crippen LogP contribution is 2.44. The van der Waals surface area contributed by atoms with E-state index in [4.69, 9.17) is 4.74 Å². The Hall–Kier alpha value is -3.35. The van der Waals surface area contributed by atoms with E-state index >= 15 is 0 Å². The lowest BCUT2D eigenvalue weighted by molar-refractivity contribution is -0.152. The van der Waals surface area contributed by atoms with Crippen molar-refractivity contribution in [1.29, 1.82) is 0 Å². The van der Waals surface area contributed by atoms with Crippen molar-refractivity contribution in [1.82, 2.24) is 10.2 Å². The summed E-state index contributed by atoms with van der Waals surface area (Å²) < 4.78 is 5.66. The molecule has 0 saturated carbocycles. The molecular weight excluding hydrogens is 444 g/mol. The molecule has 1 aliphatic heterocycles. The number of rotatable bonds is 7. The molecule has 1 heterocycles. The SMILES string of the molecule is CCC(C)[C@H](NC(=O)OCC1c2ccccc2-c2ccccc21)C(=O)N1CCC(C)(C)C1C(=O)O. The van der Waals surface area contributed by atoms with Gasteiger partial charge >= 0.3 is 12.1 Å². The average Bonchev–Trinajstić information content (AvgIpc) is 3.34. The smallest absolute Gasteiger partial charge is 0.407 e. The maximum atomic E-state index is 13.5. The summed E-state index contributed by atoms with van der Waals surface area (Å²) in [5.74, 6) is -1.65. The number of amides is 2. The summed E-state index contributed by atoms with van der Waals surface area (Å²) in [5, 5.41) is 12.5. The number of hydrogen-bond acceptors (Lipinski definition) is 4. The van der Waals surface area contributed by atoms with Crippen molar-refractivity contribution in [3.63, 3.8) is 0 Å². The predicted molar refractivity (Wildman–Crippen MR) is 133 cm³/mol. The quantitative estimate of drug-likeness (QED) is 0.604. The summed E-state index contributed by atoms with van der Waals surface area (Å²) in [6.45, 7) is 8.03. The lowest BCUT2D eigenvalue weighted by Crippen LogP contribution is -2.56. The average molecular weight is 479 g/mol. The maximum absolute atomic E-state index is 13.5. The highest BCUT2D eigenvalue weighted by Gasteiger charge is 2.49. The highest BCUT2D eigenvalue weighted by molar-refractivity contribution is 5.90. The molecule has 2 aromatic carbocycles. The predicted octanol–water partition coefficient (Wildman–Crippen LogP) is 4.65. The van der Waals surface area contributed by atoms with Crippen LogP contribution in [0.4, 0.5) is 4.79 Å². The molecule has 2 N–H and O–H groups in total. The molecule has 4 rings (SSSR count). The molecule has 0 radical (unpaired) electrons. The number of alkyl carbamates (subject to hydrolysis) is 1. The first-order chi connectivity index (χ1) is 16.7. The van der Waals surface area contributed by atoms with Gasteiger partial charge in [0.05, 0.1) is 0 Å². The molecular formula is C28H34N2O5. The van der Waals surface area contributed by atoms with E-state index < -0.39 is 29.6 Å². The van der Waals surface area contributed by atoms with Crippen molar-refractivity contribution >= 4 is 18.0 Å². The Labute approximate surface area is 206 Å². The molecule has 2 unspecified atom stereocenters. The number of nitrogens with zero attached hydrogens (tertiary/aromatic N) is 1. The zero-order valence-corrected chi connectivity index (χ0v) is 20.8. The van der Waals surface area contributed by atoms with Gasteiger partial charge in [-0.2, -0.15) is 0 Å². The van der Waals surface area contributed by atoms with Crippen molar-refractivity contribution < 1.29 is 24.2 Å². The third kappa shape index (κ3) is 4.64. The summed E-state index contributed by atoms with van der Waals surface area (Å²) in [6.07, 6.45) is 0.568. The lowest BCUT2D eigenvalue weighted by atomic mass is 9.84. The van der Waals surface area contributed by atoms with Crippen molar-refractivity contribution in [2.45, 2.75) is 58.5 Å². The summed E-state index contributed by atoms with van der Waals surface area (Å²) >= 11 is 0. The van der Waals surface area contributed by atoms with E-state index in [-0.39, 0.29) is 24.3 Å². The van der Waals surface area contributed by atoms with Crippen LogP contribution in [0.2, 0.25) is 0 Å². The van der Waals surface area contributed by atoms with Gasteiger partial charge in [0.1, 0.15) is 18.7 Å². The molecule has 2 aromatic rings. The van der Waals surface area contributed by atoms with E-state index in [1.807, 2.05) is 64.1 Å². The number of carbonyl (C=O) groups excluding carboxylic acids is 2. The van der Waals surface area contributed by atoms with Crippen LogP contribution in [0.1, 0.15) is 57.6 Å². The first-order valence-electron chi connectivity index (χ1n) is 12.3. The number of fused-ring (bicyclic) bond motifs is 3. The summed E-state index contributed by atoms with van der Waals surface area (Å²) in [4.78, 5) is 39.7. The molecule has 186 valence electrons. The van der Waals surface area contributed by atoms with Gasteiger partial charge in [0, 0.05) is 12.5 Å². The standard InChI is InChI=1S/C28H34N2O5/c1-5-17(2)23(25(31)30-15-14-28(3,4)24(30)26(32)33)29-27(34)35-16-22-20-12-8-6-10-18(20)19-11-7-9-13-21(19)22/h6-13,17,22-24H,5,14-16H2,1-4H3,(H,29,34)(H,32,33)/t17?,23-,24?/m0/s1. The molecule has 7 nitrogen and oxygen atoms in total. The van der Waals surface area contributed by atoms with Crippen molar-refractivity contribution in [2.24, 2.45) is 11.3 Å². The minimum atomic E-state index is -1.02. The van der Waals surface area contributed by atoms with E-state index in [9.17, 15) is 19.5 Å². The van der Waals surface area contributed by atoms with Crippen LogP contribution in [-0.2, 0) is 14.3 Å². The normalized spacial score (nSPS) is 20.0. The second-order valence-corrected chi connectivity index (χ2v) is 10.3. The molecule has 2 amide bonds. The second kappa shape index (κ2) is 9.72. The van der Waals surface area contributed by atoms with E-state index in [2.05, 4.69) is 17.4 Å². The van der Waals surface area contributed by atoms with Gasteiger partial charge in [-0.1, -0.05) is 82.6 Å². The molecule has 1 aliphatic carbocycles. The van der Waals surface area contributed by atoms with Crippen LogP contribution in [0.25, 0.3) is 11.1 Å². The minimum Gasteiger partial charge on any atom is -0.480 e. The van der Waals surface area contributed by atoms with E-state index in [1.165, 1.54) is 4.90 Å². The highest BCUT2D eigenvalue weighted by atomic mass is 16.5. The van der Waals surface area contributed by atoms with Gasteiger partial charge < -0.3 is 20.1 Å². The molecule has 1 saturated heterocycles. The first kappa shape index (κ1) is 24.8. The number of ether oxygens (including phenoxy) is 1. The number of carbonyl (C=O) groups is 3. The molecule has 3 atom stereocenters. The van der Waals surface area contributed by atoms with Gasteiger partial charge in [-0.25, -0.2) is 9.59 Å². The van der Waals surface area contributed by atoms with Crippen LogP contribution in [0.3, 0.4) is 0 Å². The van der Waals surface area contributed by atoms with Crippen LogP contribution in [-0.4, -0.2) is 53.2 Å². The van der Waals surface area contributed by atoms with Gasteiger partial charge in [0.15, 0.2) is 0 Å². The fraction of sp³-hybridized carbons (Fsp3) is 0.464. The third-order valence-corrected chi connectivity index (χ3v) is 7.66. The van der Waals surface area contributed by atoms with Crippen LogP contribution >= 0.6 is 0 Å². The van der Waals surface area contributed by atoms with Crippen molar-refractivity contribution in [2.75, 3.05) is 13.2 Å². The Bertz CT molecular complexity index is 1080. The summed E-state index contributed by atoms with van der Waals surface area (Å²) in [5.41, 5.74) is 3.96. The summed E-state index contributed by atoms with van der Waals surface area (Å²) in [6, 6.07) is 14.4. The Morgan fingerprint density at radius 3 is 2.20 bits per heavy atom. The maximum Gasteiger partial charge on any atom is 0.407 e. The summed E-state index contributed by atoms with van der Waals surface area (Å²) in [7, 11) is 0. The molecule has 0 aromatic heterocycles. The fourth-order valence-electron chi connectivity index (χ4n) is 5.43. The number of likely N-dealkylation sites (tertiary alicyclic amines) is 1. The Balaban J connectivity index is 1.48. The van der Waals surface area contributed by atoms with Crippen LogP contribution in [0.5, 0.6) is 0 Å². The van der Waals surface area contributed by atoms with Crippen LogP contribution in [0, 0.1) is 11.3 Å². The molecule has 35 heavy (non-hydrogen) atoms. The largest absolute Gasteiger partial charge is 0.480 e. The second-order valence-electron chi connectivity index (χ2n) is 10.3. The van der Waals surface area contributed by atoms with Crippen LogP contribution < -0.4 is 5.32 Å². The van der Waals surface area contributed by atoms with E-state index in [0.717, 1.165) is 22.3 Å². The van der Waals surface area contributed by atoms with E-state index in [0.29, 0.717) is 19.4 Å². The minimum absolute atomic E-state index is 0.0818. The zero-order chi connectivity index (χ0) is 25.3. The zero-order valence-electron chi connectivity index (χ0n) is 20.8. The molecule has 0 bridgehead atoms. The van der Waals surface area contributed by atoms with Crippen LogP contribution in [0.15, 0.2) is 48.5 Å². The van der Waals surface area contributed by atoms with Crippen molar-refractivity contribution in [3.8, 4) is 11.1 Å². The molecule has 1 fully saturated rings. The third-order valence-electron chi connectivity index (χ3n) is 7.66.